The Morgan fingerprint density at radius 3 is 2.63 bits per heavy atom. The van der Waals surface area contributed by atoms with Gasteiger partial charge in [-0.2, -0.15) is 0 Å². The summed E-state index contributed by atoms with van der Waals surface area (Å²) in [6.45, 7) is 11.5. The normalized spacial score (nSPS) is 12.5. The Kier molecular flexibility index (Phi) is 7.10. The van der Waals surface area contributed by atoms with Gasteiger partial charge in [-0.1, -0.05) is 31.9 Å². The van der Waals surface area contributed by atoms with Crippen molar-refractivity contribution in [3.63, 3.8) is 0 Å². The molecule has 0 N–H and O–H groups in total. The summed E-state index contributed by atoms with van der Waals surface area (Å²) in [5, 5.41) is 0.474. The Balaban J connectivity index is 2.86. The molecule has 0 radical (unpaired) electrons. The Labute approximate surface area is 121 Å². The first-order valence-corrected chi connectivity index (χ1v) is 7.34. The topological polar surface area (TPSA) is 38.2 Å². The van der Waals surface area contributed by atoms with Gasteiger partial charge in [0.2, 0.25) is 0 Å². The summed E-state index contributed by atoms with van der Waals surface area (Å²) in [5.74, 6) is 2.16. The zero-order valence-corrected chi connectivity index (χ0v) is 13.1. The predicted molar refractivity (Wildman–Crippen MR) is 79.7 cm³/mol. The average Bonchev–Trinajstić information content (AvgIpc) is 2.41. The lowest BCUT2D eigenvalue weighted by molar-refractivity contribution is 0.128. The van der Waals surface area contributed by atoms with Crippen molar-refractivity contribution in [2.75, 3.05) is 24.6 Å². The van der Waals surface area contributed by atoms with Gasteiger partial charge < -0.3 is 9.64 Å². The van der Waals surface area contributed by atoms with Gasteiger partial charge in [-0.3, -0.25) is 0 Å². The number of nitrogens with zero attached hydrogens (tertiary/aromatic N) is 3. The summed E-state index contributed by atoms with van der Waals surface area (Å²) in [5.41, 5.74) is 0. The number of hydrogen-bond donors (Lipinski definition) is 0. The highest BCUT2D eigenvalue weighted by molar-refractivity contribution is 6.29. The molecule has 0 aliphatic carbocycles. The van der Waals surface area contributed by atoms with Gasteiger partial charge in [0.1, 0.15) is 17.6 Å². The number of halogens is 1. The van der Waals surface area contributed by atoms with Crippen LogP contribution in [0.3, 0.4) is 0 Å². The van der Waals surface area contributed by atoms with Crippen LogP contribution in [0.1, 0.15) is 39.9 Å². The second-order valence-corrected chi connectivity index (χ2v) is 5.04. The molecular weight excluding hydrogens is 262 g/mol. The molecule has 0 bridgehead atoms. The van der Waals surface area contributed by atoms with Crippen molar-refractivity contribution < 1.29 is 4.74 Å². The molecule has 1 heterocycles. The van der Waals surface area contributed by atoms with E-state index in [4.69, 9.17) is 16.3 Å². The van der Waals surface area contributed by atoms with Gasteiger partial charge in [-0.15, -0.1) is 0 Å². The van der Waals surface area contributed by atoms with Crippen LogP contribution in [0.25, 0.3) is 0 Å². The molecule has 19 heavy (non-hydrogen) atoms. The maximum absolute atomic E-state index is 6.07. The van der Waals surface area contributed by atoms with Crippen LogP contribution >= 0.6 is 11.6 Å². The van der Waals surface area contributed by atoms with Crippen LogP contribution in [0, 0.1) is 5.92 Å². The molecule has 5 heteroatoms. The summed E-state index contributed by atoms with van der Waals surface area (Å²) in [6.07, 6.45) is 1.15. The molecule has 1 rings (SSSR count). The molecule has 0 aliphatic rings. The first-order chi connectivity index (χ1) is 9.10. The lowest BCUT2D eigenvalue weighted by Gasteiger charge is -2.25. The molecular formula is C14H24ClN3O. The van der Waals surface area contributed by atoms with E-state index in [0.29, 0.717) is 30.1 Å². The number of anilines is 1. The maximum Gasteiger partial charge on any atom is 0.158 e. The Bertz CT molecular complexity index is 387. The summed E-state index contributed by atoms with van der Waals surface area (Å²) in [7, 11) is 0. The quantitative estimate of drug-likeness (QED) is 0.685. The highest BCUT2D eigenvalue weighted by Gasteiger charge is 2.12. The van der Waals surface area contributed by atoms with Gasteiger partial charge in [0, 0.05) is 25.8 Å². The lowest BCUT2D eigenvalue weighted by atomic mass is 10.1. The van der Waals surface area contributed by atoms with Crippen molar-refractivity contribution in [3.05, 3.63) is 17.0 Å². The van der Waals surface area contributed by atoms with Crippen LogP contribution in [-0.4, -0.2) is 29.7 Å². The number of aromatic nitrogens is 2. The second-order valence-electron chi connectivity index (χ2n) is 4.65. The number of rotatable bonds is 8. The molecule has 0 saturated carbocycles. The summed E-state index contributed by atoms with van der Waals surface area (Å²) in [6, 6.07) is 1.82. The summed E-state index contributed by atoms with van der Waals surface area (Å²) < 4.78 is 5.34. The highest BCUT2D eigenvalue weighted by Crippen LogP contribution is 2.18. The molecule has 108 valence electrons. The largest absolute Gasteiger partial charge is 0.374 e. The molecule has 0 saturated heterocycles. The van der Waals surface area contributed by atoms with E-state index in [-0.39, 0.29) is 0 Å². The van der Waals surface area contributed by atoms with Crippen molar-refractivity contribution in [3.8, 4) is 0 Å². The monoisotopic (exact) mass is 285 g/mol. The van der Waals surface area contributed by atoms with Crippen LogP contribution in [0.5, 0.6) is 0 Å². The van der Waals surface area contributed by atoms with Gasteiger partial charge in [-0.05, 0) is 19.8 Å². The van der Waals surface area contributed by atoms with Gasteiger partial charge in [0.25, 0.3) is 0 Å². The molecule has 0 spiro atoms. The van der Waals surface area contributed by atoms with Crippen LogP contribution < -0.4 is 4.90 Å². The van der Waals surface area contributed by atoms with Crippen LogP contribution in [0.2, 0.25) is 5.15 Å². The lowest BCUT2D eigenvalue weighted by Crippen LogP contribution is -2.29. The second kappa shape index (κ2) is 8.33. The SMILES string of the molecule is CCOCc1nc(Cl)cc(N(CC)CC(C)CC)n1. The predicted octanol–water partition coefficient (Wildman–Crippen LogP) is 3.54. The third-order valence-corrected chi connectivity index (χ3v) is 3.29. The van der Waals surface area contributed by atoms with Gasteiger partial charge in [0.15, 0.2) is 5.82 Å². The Hall–Kier alpha value is -0.870. The molecule has 1 aromatic rings. The maximum atomic E-state index is 6.07. The smallest absolute Gasteiger partial charge is 0.158 e. The van der Waals surface area contributed by atoms with Crippen molar-refractivity contribution in [2.45, 2.75) is 40.7 Å². The molecule has 1 aromatic heterocycles. The molecule has 1 unspecified atom stereocenters. The van der Waals surface area contributed by atoms with Gasteiger partial charge in [0.05, 0.1) is 0 Å². The van der Waals surface area contributed by atoms with Crippen molar-refractivity contribution in [1.82, 2.24) is 9.97 Å². The van der Waals surface area contributed by atoms with E-state index in [9.17, 15) is 0 Å². The molecule has 1 atom stereocenters. The highest BCUT2D eigenvalue weighted by atomic mass is 35.5. The van der Waals surface area contributed by atoms with Crippen molar-refractivity contribution in [2.24, 2.45) is 5.92 Å². The number of ether oxygens (including phenoxy) is 1. The Morgan fingerprint density at radius 2 is 2.05 bits per heavy atom. The van der Waals surface area contributed by atoms with E-state index in [1.807, 2.05) is 13.0 Å². The van der Waals surface area contributed by atoms with E-state index in [1.165, 1.54) is 0 Å². The molecule has 0 aromatic carbocycles. The molecule has 0 fully saturated rings. The summed E-state index contributed by atoms with van der Waals surface area (Å²) in [4.78, 5) is 11.0. The third-order valence-electron chi connectivity index (χ3n) is 3.10. The van der Waals surface area contributed by atoms with Crippen LogP contribution in [0.4, 0.5) is 5.82 Å². The van der Waals surface area contributed by atoms with Gasteiger partial charge >= 0.3 is 0 Å². The zero-order valence-electron chi connectivity index (χ0n) is 12.3. The third kappa shape index (κ3) is 5.33. The van der Waals surface area contributed by atoms with Crippen LogP contribution in [-0.2, 0) is 11.3 Å². The fourth-order valence-electron chi connectivity index (χ4n) is 1.76. The van der Waals surface area contributed by atoms with E-state index >= 15 is 0 Å². The number of hydrogen-bond acceptors (Lipinski definition) is 4. The van der Waals surface area contributed by atoms with E-state index < -0.39 is 0 Å². The minimum Gasteiger partial charge on any atom is -0.374 e. The first kappa shape index (κ1) is 16.2. The van der Waals surface area contributed by atoms with E-state index in [1.54, 1.807) is 0 Å². The standard InChI is InChI=1S/C14H24ClN3O/c1-5-11(4)9-18(6-2)14-8-12(15)16-13(17-14)10-19-7-3/h8,11H,5-7,9-10H2,1-4H3. The molecule has 0 amide bonds. The van der Waals surface area contributed by atoms with Crippen molar-refractivity contribution >= 4 is 17.4 Å². The van der Waals surface area contributed by atoms with E-state index in [2.05, 4.69) is 35.6 Å². The minimum absolute atomic E-state index is 0.408. The summed E-state index contributed by atoms with van der Waals surface area (Å²) >= 11 is 6.07. The Morgan fingerprint density at radius 1 is 1.32 bits per heavy atom. The van der Waals surface area contributed by atoms with Crippen molar-refractivity contribution in [1.29, 1.82) is 0 Å². The fourth-order valence-corrected chi connectivity index (χ4v) is 1.96. The average molecular weight is 286 g/mol. The van der Waals surface area contributed by atoms with Gasteiger partial charge in [-0.25, -0.2) is 9.97 Å². The van der Waals surface area contributed by atoms with Crippen LogP contribution in [0.15, 0.2) is 6.07 Å². The molecule has 0 aliphatic heterocycles. The first-order valence-electron chi connectivity index (χ1n) is 6.96. The molecule has 4 nitrogen and oxygen atoms in total. The van der Waals surface area contributed by atoms with E-state index in [0.717, 1.165) is 25.3 Å². The fraction of sp³-hybridized carbons (Fsp3) is 0.714. The minimum atomic E-state index is 0.408. The zero-order chi connectivity index (χ0) is 14.3.